The van der Waals surface area contributed by atoms with Gasteiger partial charge in [0.1, 0.15) is 5.75 Å². The van der Waals surface area contributed by atoms with Gasteiger partial charge in [-0.15, -0.1) is 0 Å². The average Bonchev–Trinajstić information content (AvgIpc) is 2.60. The van der Waals surface area contributed by atoms with Crippen molar-refractivity contribution in [2.45, 2.75) is 6.92 Å². The van der Waals surface area contributed by atoms with Gasteiger partial charge in [-0.25, -0.2) is 0 Å². The molecule has 0 aliphatic rings. The third kappa shape index (κ3) is 3.63. The van der Waals surface area contributed by atoms with Gasteiger partial charge in [0.05, 0.1) is 12.8 Å². The molecule has 0 fully saturated rings. The Morgan fingerprint density at radius 1 is 0.958 bits per heavy atom. The highest BCUT2D eigenvalue weighted by molar-refractivity contribution is 5.93. The highest BCUT2D eigenvalue weighted by Crippen LogP contribution is 2.25. The molecule has 0 atom stereocenters. The number of hydrogen-bond acceptors (Lipinski definition) is 2. The maximum Gasteiger partial charge on any atom is 0.221 e. The van der Waals surface area contributed by atoms with E-state index in [-0.39, 0.29) is 5.91 Å². The van der Waals surface area contributed by atoms with E-state index in [0.29, 0.717) is 5.75 Å². The standard InChI is InChI=1S/C21H19NO2/c1-15(23)22-21-14-20(24-2)12-11-18(21)10-8-16-7-9-17-5-3-4-6-19(17)13-16/h3-14H,1-2H3,(H,22,23)/b10-8+. The molecule has 0 aliphatic carbocycles. The van der Waals surface area contributed by atoms with E-state index < -0.39 is 0 Å². The van der Waals surface area contributed by atoms with Gasteiger partial charge in [0.15, 0.2) is 0 Å². The minimum Gasteiger partial charge on any atom is -0.497 e. The summed E-state index contributed by atoms with van der Waals surface area (Å²) in [5.74, 6) is 0.602. The lowest BCUT2D eigenvalue weighted by Crippen LogP contribution is -2.07. The molecule has 24 heavy (non-hydrogen) atoms. The Hall–Kier alpha value is -3.07. The second-order valence-corrected chi connectivity index (χ2v) is 5.57. The van der Waals surface area contributed by atoms with E-state index in [1.54, 1.807) is 7.11 Å². The Morgan fingerprint density at radius 2 is 1.75 bits per heavy atom. The maximum absolute atomic E-state index is 11.4. The zero-order chi connectivity index (χ0) is 16.9. The Labute approximate surface area is 141 Å². The lowest BCUT2D eigenvalue weighted by molar-refractivity contribution is -0.114. The van der Waals surface area contributed by atoms with Gasteiger partial charge in [0, 0.05) is 13.0 Å². The quantitative estimate of drug-likeness (QED) is 0.689. The number of anilines is 1. The first kappa shape index (κ1) is 15.8. The summed E-state index contributed by atoms with van der Waals surface area (Å²) < 4.78 is 5.23. The lowest BCUT2D eigenvalue weighted by atomic mass is 10.1. The van der Waals surface area contributed by atoms with E-state index in [4.69, 9.17) is 4.74 Å². The molecule has 3 aromatic rings. The number of hydrogen-bond donors (Lipinski definition) is 1. The van der Waals surface area contributed by atoms with E-state index >= 15 is 0 Å². The fourth-order valence-corrected chi connectivity index (χ4v) is 2.60. The molecule has 120 valence electrons. The monoisotopic (exact) mass is 317 g/mol. The maximum atomic E-state index is 11.4. The van der Waals surface area contributed by atoms with Gasteiger partial charge in [-0.1, -0.05) is 48.6 Å². The van der Waals surface area contributed by atoms with Crippen LogP contribution in [-0.2, 0) is 4.79 Å². The number of amides is 1. The van der Waals surface area contributed by atoms with Crippen LogP contribution in [0.1, 0.15) is 18.1 Å². The molecule has 3 aromatic carbocycles. The average molecular weight is 317 g/mol. The summed E-state index contributed by atoms with van der Waals surface area (Å²) in [4.78, 5) is 11.4. The van der Waals surface area contributed by atoms with Crippen LogP contribution in [0.25, 0.3) is 22.9 Å². The van der Waals surface area contributed by atoms with Crippen molar-refractivity contribution in [3.8, 4) is 5.75 Å². The molecular formula is C21H19NO2. The first-order valence-corrected chi connectivity index (χ1v) is 7.78. The van der Waals surface area contributed by atoms with Gasteiger partial charge in [-0.2, -0.15) is 0 Å². The van der Waals surface area contributed by atoms with Crippen LogP contribution < -0.4 is 10.1 Å². The summed E-state index contributed by atoms with van der Waals surface area (Å²) in [5.41, 5.74) is 2.77. The van der Waals surface area contributed by atoms with E-state index in [0.717, 1.165) is 16.8 Å². The zero-order valence-corrected chi connectivity index (χ0v) is 13.7. The normalized spacial score (nSPS) is 10.9. The largest absolute Gasteiger partial charge is 0.497 e. The molecule has 1 amide bonds. The van der Waals surface area contributed by atoms with Crippen LogP contribution in [0, 0.1) is 0 Å². The molecule has 3 heteroatoms. The van der Waals surface area contributed by atoms with E-state index in [2.05, 4.69) is 35.6 Å². The van der Waals surface area contributed by atoms with Crippen LogP contribution in [0.2, 0.25) is 0 Å². The first-order valence-electron chi connectivity index (χ1n) is 7.78. The Balaban J connectivity index is 1.93. The van der Waals surface area contributed by atoms with Gasteiger partial charge in [0.2, 0.25) is 5.91 Å². The number of methoxy groups -OCH3 is 1. The SMILES string of the molecule is COc1ccc(/C=C/c2ccc3ccccc3c2)c(NC(C)=O)c1. The predicted molar refractivity (Wildman–Crippen MR) is 100 cm³/mol. The van der Waals surface area contributed by atoms with Crippen molar-refractivity contribution in [2.75, 3.05) is 12.4 Å². The van der Waals surface area contributed by atoms with Crippen LogP contribution in [0.5, 0.6) is 5.75 Å². The number of ether oxygens (including phenoxy) is 1. The van der Waals surface area contributed by atoms with Gasteiger partial charge < -0.3 is 10.1 Å². The minimum atomic E-state index is -0.108. The number of nitrogens with one attached hydrogen (secondary N) is 1. The summed E-state index contributed by atoms with van der Waals surface area (Å²) in [6, 6.07) is 20.2. The topological polar surface area (TPSA) is 38.3 Å². The van der Waals surface area contributed by atoms with Gasteiger partial charge >= 0.3 is 0 Å². The Bertz CT molecular complexity index is 913. The minimum absolute atomic E-state index is 0.108. The number of carbonyl (C=O) groups is 1. The van der Waals surface area contributed by atoms with Crippen LogP contribution in [0.4, 0.5) is 5.69 Å². The van der Waals surface area contributed by atoms with Crippen molar-refractivity contribution in [3.05, 3.63) is 71.8 Å². The molecule has 3 nitrogen and oxygen atoms in total. The second kappa shape index (κ2) is 7.01. The summed E-state index contributed by atoms with van der Waals surface area (Å²) in [5, 5.41) is 5.27. The van der Waals surface area contributed by atoms with Crippen LogP contribution in [-0.4, -0.2) is 13.0 Å². The van der Waals surface area contributed by atoms with E-state index in [1.165, 1.54) is 17.7 Å². The molecule has 0 saturated heterocycles. The molecule has 0 aromatic heterocycles. The first-order chi connectivity index (χ1) is 11.7. The zero-order valence-electron chi connectivity index (χ0n) is 13.7. The molecule has 0 heterocycles. The van der Waals surface area contributed by atoms with Crippen molar-refractivity contribution >= 4 is 34.5 Å². The molecule has 1 N–H and O–H groups in total. The van der Waals surface area contributed by atoms with Gasteiger partial charge in [-0.3, -0.25) is 4.79 Å². The Morgan fingerprint density at radius 3 is 2.50 bits per heavy atom. The smallest absolute Gasteiger partial charge is 0.221 e. The van der Waals surface area contributed by atoms with E-state index in [1.807, 2.05) is 42.5 Å². The van der Waals surface area contributed by atoms with Crippen LogP contribution in [0.15, 0.2) is 60.7 Å². The Kier molecular flexibility index (Phi) is 4.62. The second-order valence-electron chi connectivity index (χ2n) is 5.57. The molecule has 0 spiro atoms. The molecular weight excluding hydrogens is 298 g/mol. The number of benzene rings is 3. The highest BCUT2D eigenvalue weighted by Gasteiger charge is 2.04. The molecule has 0 aliphatic heterocycles. The van der Waals surface area contributed by atoms with E-state index in [9.17, 15) is 4.79 Å². The fraction of sp³-hybridized carbons (Fsp3) is 0.0952. The lowest BCUT2D eigenvalue weighted by Gasteiger charge is -2.09. The van der Waals surface area contributed by atoms with Gasteiger partial charge in [0.25, 0.3) is 0 Å². The molecule has 0 saturated carbocycles. The third-order valence-corrected chi connectivity index (χ3v) is 3.80. The molecule has 0 unspecified atom stereocenters. The fourth-order valence-electron chi connectivity index (χ4n) is 2.60. The van der Waals surface area contributed by atoms with Crippen LogP contribution in [0.3, 0.4) is 0 Å². The molecule has 0 radical (unpaired) electrons. The van der Waals surface area contributed by atoms with Crippen molar-refractivity contribution in [3.63, 3.8) is 0 Å². The van der Waals surface area contributed by atoms with Crippen molar-refractivity contribution in [1.29, 1.82) is 0 Å². The molecule has 3 rings (SSSR count). The number of fused-ring (bicyclic) bond motifs is 1. The van der Waals surface area contributed by atoms with Gasteiger partial charge in [-0.05, 0) is 40.1 Å². The highest BCUT2D eigenvalue weighted by atomic mass is 16.5. The van der Waals surface area contributed by atoms with Crippen LogP contribution >= 0.6 is 0 Å². The molecule has 0 bridgehead atoms. The third-order valence-electron chi connectivity index (χ3n) is 3.80. The summed E-state index contributed by atoms with van der Waals surface area (Å²) in [7, 11) is 1.61. The predicted octanol–water partition coefficient (Wildman–Crippen LogP) is 4.98. The van der Waals surface area contributed by atoms with Crippen molar-refractivity contribution in [2.24, 2.45) is 0 Å². The number of carbonyl (C=O) groups excluding carboxylic acids is 1. The number of rotatable bonds is 4. The van der Waals surface area contributed by atoms with Crippen molar-refractivity contribution in [1.82, 2.24) is 0 Å². The summed E-state index contributed by atoms with van der Waals surface area (Å²) in [6.07, 6.45) is 4.04. The van der Waals surface area contributed by atoms with Crippen molar-refractivity contribution < 1.29 is 9.53 Å². The summed E-state index contributed by atoms with van der Waals surface area (Å²) >= 11 is 0. The summed E-state index contributed by atoms with van der Waals surface area (Å²) in [6.45, 7) is 1.50.